The van der Waals surface area contributed by atoms with E-state index in [1.165, 1.54) is 14.0 Å². The molecular formula is C22H30O8. The van der Waals surface area contributed by atoms with Crippen molar-refractivity contribution in [2.45, 2.75) is 32.5 Å². The van der Waals surface area contributed by atoms with Gasteiger partial charge in [0, 0.05) is 18.4 Å². The molecule has 1 saturated carbocycles. The van der Waals surface area contributed by atoms with E-state index in [-0.39, 0.29) is 30.8 Å². The maximum absolute atomic E-state index is 12.5. The summed E-state index contributed by atoms with van der Waals surface area (Å²) in [5.41, 5.74) is -0.662. The van der Waals surface area contributed by atoms with Crippen LogP contribution in [0.2, 0.25) is 0 Å². The van der Waals surface area contributed by atoms with Crippen molar-refractivity contribution in [1.29, 1.82) is 0 Å². The summed E-state index contributed by atoms with van der Waals surface area (Å²) in [6.45, 7) is 17.1. The molecule has 8 nitrogen and oxygen atoms in total. The zero-order valence-corrected chi connectivity index (χ0v) is 17.7. The molecule has 30 heavy (non-hydrogen) atoms. The van der Waals surface area contributed by atoms with E-state index < -0.39 is 47.4 Å². The number of esters is 3. The maximum atomic E-state index is 12.5. The number of allylic oxidation sites excluding steroid dienone is 1. The van der Waals surface area contributed by atoms with Gasteiger partial charge in [0.05, 0.1) is 31.3 Å². The summed E-state index contributed by atoms with van der Waals surface area (Å²) in [7, 11) is 1.17. The van der Waals surface area contributed by atoms with Crippen molar-refractivity contribution in [3.8, 4) is 0 Å². The van der Waals surface area contributed by atoms with Crippen LogP contribution < -0.4 is 0 Å². The fourth-order valence-electron chi connectivity index (χ4n) is 3.80. The second-order valence-corrected chi connectivity index (χ2v) is 7.57. The average molecular weight is 422 g/mol. The number of hydrogen-bond donors (Lipinski definition) is 2. The molecule has 0 bridgehead atoms. The largest absolute Gasteiger partial charge is 0.466 e. The molecule has 0 aromatic carbocycles. The van der Waals surface area contributed by atoms with Crippen LogP contribution in [-0.4, -0.2) is 60.7 Å². The van der Waals surface area contributed by atoms with E-state index >= 15 is 0 Å². The van der Waals surface area contributed by atoms with Crippen molar-refractivity contribution in [1.82, 2.24) is 0 Å². The van der Waals surface area contributed by atoms with E-state index in [1.807, 2.05) is 0 Å². The molecule has 5 atom stereocenters. The monoisotopic (exact) mass is 422 g/mol. The molecule has 0 radical (unpaired) electrons. The molecular weight excluding hydrogens is 392 g/mol. The number of aliphatic hydroxyl groups excluding tert-OH is 2. The second kappa shape index (κ2) is 10.4. The number of carbonyl (C=O) groups excluding carboxylic acids is 3. The first-order valence-corrected chi connectivity index (χ1v) is 9.32. The maximum Gasteiger partial charge on any atom is 0.337 e. The predicted octanol–water partition coefficient (Wildman–Crippen LogP) is 1.48. The summed E-state index contributed by atoms with van der Waals surface area (Å²) in [5.74, 6) is -3.90. The molecule has 1 aliphatic carbocycles. The van der Waals surface area contributed by atoms with Gasteiger partial charge in [-0.3, -0.25) is 4.79 Å². The van der Waals surface area contributed by atoms with Gasteiger partial charge in [-0.05, 0) is 17.4 Å². The van der Waals surface area contributed by atoms with Crippen molar-refractivity contribution in [2.75, 3.05) is 20.3 Å². The Hall–Kier alpha value is -2.71. The van der Waals surface area contributed by atoms with Gasteiger partial charge in [-0.15, -0.1) is 6.58 Å². The third-order valence-electron chi connectivity index (χ3n) is 5.42. The zero-order chi connectivity index (χ0) is 23.2. The van der Waals surface area contributed by atoms with Gasteiger partial charge >= 0.3 is 17.9 Å². The highest BCUT2D eigenvalue weighted by Crippen LogP contribution is 2.50. The predicted molar refractivity (Wildman–Crippen MR) is 109 cm³/mol. The van der Waals surface area contributed by atoms with Crippen molar-refractivity contribution in [2.24, 2.45) is 17.3 Å². The van der Waals surface area contributed by atoms with Crippen LogP contribution in [0.1, 0.15) is 20.3 Å². The number of rotatable bonds is 9. The van der Waals surface area contributed by atoms with E-state index in [9.17, 15) is 24.6 Å². The minimum Gasteiger partial charge on any atom is -0.466 e. The third-order valence-corrected chi connectivity index (χ3v) is 5.42. The molecule has 1 unspecified atom stereocenters. The molecule has 8 heteroatoms. The third kappa shape index (κ3) is 5.46. The highest BCUT2D eigenvalue weighted by Gasteiger charge is 2.53. The van der Waals surface area contributed by atoms with Crippen LogP contribution in [-0.2, 0) is 28.6 Å². The van der Waals surface area contributed by atoms with Gasteiger partial charge in [0.25, 0.3) is 0 Å². The summed E-state index contributed by atoms with van der Waals surface area (Å²) in [6.07, 6.45) is -0.510. The minimum atomic E-state index is -1.27. The molecule has 0 aliphatic heterocycles. The number of hydrogen-bond acceptors (Lipinski definition) is 8. The lowest BCUT2D eigenvalue weighted by molar-refractivity contribution is -0.162. The second-order valence-electron chi connectivity index (χ2n) is 7.57. The molecule has 1 rings (SSSR count). The molecule has 0 saturated heterocycles. The number of methoxy groups -OCH3 is 1. The van der Waals surface area contributed by atoms with Crippen molar-refractivity contribution in [3.63, 3.8) is 0 Å². The molecule has 0 amide bonds. The normalized spacial score (nSPS) is 28.0. The Kier molecular flexibility index (Phi) is 8.74. The van der Waals surface area contributed by atoms with Crippen LogP contribution in [0.25, 0.3) is 0 Å². The first kappa shape index (κ1) is 25.3. The van der Waals surface area contributed by atoms with Crippen LogP contribution in [0.15, 0.2) is 49.1 Å². The van der Waals surface area contributed by atoms with E-state index in [1.54, 1.807) is 13.0 Å². The van der Waals surface area contributed by atoms with E-state index in [0.717, 1.165) is 0 Å². The van der Waals surface area contributed by atoms with E-state index in [4.69, 9.17) is 14.2 Å². The van der Waals surface area contributed by atoms with Gasteiger partial charge in [-0.1, -0.05) is 32.7 Å². The smallest absolute Gasteiger partial charge is 0.337 e. The van der Waals surface area contributed by atoms with E-state index in [0.29, 0.717) is 5.57 Å². The van der Waals surface area contributed by atoms with Gasteiger partial charge in [0.15, 0.2) is 0 Å². The van der Waals surface area contributed by atoms with Crippen molar-refractivity contribution < 1.29 is 38.8 Å². The van der Waals surface area contributed by atoms with Crippen molar-refractivity contribution in [3.05, 3.63) is 49.1 Å². The van der Waals surface area contributed by atoms with Crippen LogP contribution in [0.3, 0.4) is 0 Å². The Morgan fingerprint density at radius 1 is 1.20 bits per heavy atom. The molecule has 0 aromatic rings. The Bertz CT molecular complexity index is 752. The van der Waals surface area contributed by atoms with Crippen molar-refractivity contribution >= 4 is 17.9 Å². The number of ether oxygens (including phenoxy) is 3. The van der Waals surface area contributed by atoms with Crippen LogP contribution in [0.4, 0.5) is 0 Å². The lowest BCUT2D eigenvalue weighted by atomic mass is 9.58. The fourth-order valence-corrected chi connectivity index (χ4v) is 3.80. The van der Waals surface area contributed by atoms with Gasteiger partial charge in [-0.25, -0.2) is 9.59 Å². The molecule has 0 heterocycles. The lowest BCUT2D eigenvalue weighted by Crippen LogP contribution is -2.54. The fraction of sp³-hybridized carbons (Fsp3) is 0.500. The summed E-state index contributed by atoms with van der Waals surface area (Å²) in [6, 6.07) is 0. The highest BCUT2D eigenvalue weighted by molar-refractivity contribution is 5.90. The van der Waals surface area contributed by atoms with E-state index in [2.05, 4.69) is 26.3 Å². The lowest BCUT2D eigenvalue weighted by Gasteiger charge is -2.50. The van der Waals surface area contributed by atoms with Crippen LogP contribution in [0.5, 0.6) is 0 Å². The molecule has 1 aliphatic rings. The van der Waals surface area contributed by atoms with Crippen LogP contribution in [0, 0.1) is 17.3 Å². The number of aliphatic hydroxyl groups is 2. The SMILES string of the molecule is C=C[C@]1(C)C[C@H](OC(=O)C(=C)COC(C)=O)[C@@H](C(=C)C(=O)OC)[C@H](O)C1C(=C)CO. The Morgan fingerprint density at radius 3 is 2.27 bits per heavy atom. The summed E-state index contributed by atoms with van der Waals surface area (Å²) >= 11 is 0. The summed E-state index contributed by atoms with van der Waals surface area (Å²) in [4.78, 5) is 35.6. The minimum absolute atomic E-state index is 0.0877. The molecule has 2 N–H and O–H groups in total. The molecule has 166 valence electrons. The quantitative estimate of drug-likeness (QED) is 0.248. The standard InChI is InChI=1S/C22H30O8/c1-8-22(6)9-16(30-20(26)13(3)11-29-15(5)24)17(14(4)21(27)28-7)19(25)18(22)12(2)10-23/h8,16-19,23,25H,1-4,9-11H2,5-7H3/t16-,17+,18?,19-,22+/m0/s1. The first-order chi connectivity index (χ1) is 13.9. The average Bonchev–Trinajstić information content (AvgIpc) is 2.70. The summed E-state index contributed by atoms with van der Waals surface area (Å²) in [5, 5.41) is 20.7. The zero-order valence-electron chi connectivity index (χ0n) is 17.7. The summed E-state index contributed by atoms with van der Waals surface area (Å²) < 4.78 is 15.0. The Morgan fingerprint density at radius 2 is 1.80 bits per heavy atom. The van der Waals surface area contributed by atoms with Gasteiger partial charge < -0.3 is 24.4 Å². The Balaban J connectivity index is 3.30. The number of carbonyl (C=O) groups is 3. The Labute approximate surface area is 176 Å². The topological polar surface area (TPSA) is 119 Å². The first-order valence-electron chi connectivity index (χ1n) is 9.32. The molecule has 1 fully saturated rings. The highest BCUT2D eigenvalue weighted by atomic mass is 16.6. The van der Waals surface area contributed by atoms with Gasteiger partial charge in [-0.2, -0.15) is 0 Å². The molecule has 0 spiro atoms. The van der Waals surface area contributed by atoms with Gasteiger partial charge in [0.1, 0.15) is 12.7 Å². The molecule has 0 aromatic heterocycles. The van der Waals surface area contributed by atoms with Gasteiger partial charge in [0.2, 0.25) is 0 Å². The van der Waals surface area contributed by atoms with Crippen LogP contribution >= 0.6 is 0 Å².